The summed E-state index contributed by atoms with van der Waals surface area (Å²) in [5.41, 5.74) is 7.42. The maximum Gasteiger partial charge on any atom is 0.110 e. The van der Waals surface area contributed by atoms with E-state index < -0.39 is 0 Å². The Kier molecular flexibility index (Phi) is 5.99. The molecule has 4 aromatic heterocycles. The Labute approximate surface area is 203 Å². The van der Waals surface area contributed by atoms with E-state index in [0.717, 1.165) is 53.2 Å². The zero-order valence-corrected chi connectivity index (χ0v) is 19.8. The fourth-order valence-electron chi connectivity index (χ4n) is 4.40. The average Bonchev–Trinajstić information content (AvgIpc) is 3.49. The molecule has 4 heterocycles. The van der Waals surface area contributed by atoms with Gasteiger partial charge in [-0.3, -0.25) is 14.6 Å². The van der Waals surface area contributed by atoms with E-state index in [2.05, 4.69) is 26.5 Å². The molecule has 170 valence electrons. The Balaban J connectivity index is 1.50. The summed E-state index contributed by atoms with van der Waals surface area (Å²) >= 11 is 6.53. The Bertz CT molecular complexity index is 1370. The fourth-order valence-corrected chi connectivity index (χ4v) is 4.62. The number of rotatable bonds is 6. The van der Waals surface area contributed by atoms with E-state index in [-0.39, 0.29) is 6.04 Å². The lowest BCUT2D eigenvalue weighted by atomic mass is 10.0. The van der Waals surface area contributed by atoms with Crippen molar-refractivity contribution in [1.82, 2.24) is 24.7 Å². The number of aryl methyl sites for hydroxylation is 1. The predicted octanol–water partition coefficient (Wildman–Crippen LogP) is 5.61. The van der Waals surface area contributed by atoms with Crippen molar-refractivity contribution in [2.75, 3.05) is 5.32 Å². The van der Waals surface area contributed by atoms with Gasteiger partial charge in [0, 0.05) is 30.7 Å². The summed E-state index contributed by atoms with van der Waals surface area (Å²) in [5.74, 6) is 0. The van der Waals surface area contributed by atoms with Crippen molar-refractivity contribution >= 4 is 17.3 Å². The summed E-state index contributed by atoms with van der Waals surface area (Å²) in [4.78, 5) is 13.8. The number of nitrogens with one attached hydrogen (secondary N) is 1. The van der Waals surface area contributed by atoms with E-state index in [0.29, 0.717) is 28.5 Å². The molecule has 7 nitrogen and oxygen atoms in total. The number of aromatic nitrogens is 5. The van der Waals surface area contributed by atoms with E-state index in [1.807, 2.05) is 55.1 Å². The molecule has 1 aliphatic carbocycles. The zero-order chi connectivity index (χ0) is 23.7. The topological polar surface area (TPSA) is 92.3 Å². The van der Waals surface area contributed by atoms with Gasteiger partial charge in [-0.2, -0.15) is 10.4 Å². The summed E-state index contributed by atoms with van der Waals surface area (Å²) in [6.45, 7) is 4.61. The lowest BCUT2D eigenvalue weighted by Crippen LogP contribution is -2.11. The van der Waals surface area contributed by atoms with Crippen LogP contribution in [0.25, 0.3) is 22.8 Å². The van der Waals surface area contributed by atoms with Crippen LogP contribution in [0, 0.1) is 11.3 Å². The third kappa shape index (κ3) is 4.02. The number of nitriles is 1. The lowest BCUT2D eigenvalue weighted by molar-refractivity contribution is 0.537. The standard InChI is InChI=1S/C26H24ClN7/c1-16(2)34-26(20(27)15-32-34)25-19(12-28)24(18-6-5-8-21(18)33-25)31-14-17-9-10-23(30-13-17)22-7-3-4-11-29-22/h3-4,7,9-11,13,15-16H,5-6,8,14H2,1-2H3,(H,31,33). The molecule has 34 heavy (non-hydrogen) atoms. The molecule has 0 atom stereocenters. The van der Waals surface area contributed by atoms with Gasteiger partial charge < -0.3 is 5.32 Å². The molecule has 0 radical (unpaired) electrons. The lowest BCUT2D eigenvalue weighted by Gasteiger charge is -2.18. The van der Waals surface area contributed by atoms with Crippen molar-refractivity contribution < 1.29 is 0 Å². The summed E-state index contributed by atoms with van der Waals surface area (Å²) in [6.07, 6.45) is 8.02. The monoisotopic (exact) mass is 469 g/mol. The van der Waals surface area contributed by atoms with Gasteiger partial charge in [-0.1, -0.05) is 23.7 Å². The maximum atomic E-state index is 10.2. The highest BCUT2D eigenvalue weighted by molar-refractivity contribution is 6.33. The molecule has 4 aromatic rings. The number of halogens is 1. The van der Waals surface area contributed by atoms with E-state index >= 15 is 0 Å². The van der Waals surface area contributed by atoms with Crippen LogP contribution in [0.1, 0.15) is 48.7 Å². The number of anilines is 1. The average molecular weight is 470 g/mol. The third-order valence-electron chi connectivity index (χ3n) is 6.02. The van der Waals surface area contributed by atoms with Crippen molar-refractivity contribution in [2.24, 2.45) is 0 Å². The number of hydrogen-bond donors (Lipinski definition) is 1. The number of nitrogens with zero attached hydrogens (tertiary/aromatic N) is 6. The first kappa shape index (κ1) is 22.1. The van der Waals surface area contributed by atoms with Gasteiger partial charge in [-0.25, -0.2) is 4.98 Å². The van der Waals surface area contributed by atoms with E-state index in [1.54, 1.807) is 12.4 Å². The van der Waals surface area contributed by atoms with Gasteiger partial charge in [0.05, 0.1) is 28.3 Å². The summed E-state index contributed by atoms with van der Waals surface area (Å²) in [6, 6.07) is 12.2. The van der Waals surface area contributed by atoms with Crippen LogP contribution < -0.4 is 5.32 Å². The van der Waals surface area contributed by atoms with E-state index in [1.165, 1.54) is 0 Å². The highest BCUT2D eigenvalue weighted by Crippen LogP contribution is 2.39. The fraction of sp³-hybridized carbons (Fsp3) is 0.269. The SMILES string of the molecule is CC(C)n1ncc(Cl)c1-c1nc2c(c(NCc3ccc(-c4ccccn4)nc3)c1C#N)CCC2. The number of pyridine rings is 3. The molecule has 1 aliphatic rings. The van der Waals surface area contributed by atoms with Gasteiger partial charge in [0.25, 0.3) is 0 Å². The molecule has 0 unspecified atom stereocenters. The highest BCUT2D eigenvalue weighted by Gasteiger charge is 2.27. The quantitative estimate of drug-likeness (QED) is 0.394. The second-order valence-electron chi connectivity index (χ2n) is 8.60. The van der Waals surface area contributed by atoms with Gasteiger partial charge in [-0.15, -0.1) is 0 Å². The second kappa shape index (κ2) is 9.24. The number of fused-ring (bicyclic) bond motifs is 1. The smallest absolute Gasteiger partial charge is 0.110 e. The molecule has 0 fully saturated rings. The van der Waals surface area contributed by atoms with Crippen LogP contribution in [0.5, 0.6) is 0 Å². The van der Waals surface area contributed by atoms with Crippen LogP contribution in [0.2, 0.25) is 5.02 Å². The maximum absolute atomic E-state index is 10.2. The Morgan fingerprint density at radius 2 is 1.97 bits per heavy atom. The summed E-state index contributed by atoms with van der Waals surface area (Å²) < 4.78 is 1.83. The van der Waals surface area contributed by atoms with Crippen LogP contribution >= 0.6 is 11.6 Å². The molecule has 0 saturated carbocycles. The molecule has 0 aromatic carbocycles. The van der Waals surface area contributed by atoms with Crippen LogP contribution in [-0.2, 0) is 19.4 Å². The van der Waals surface area contributed by atoms with E-state index in [4.69, 9.17) is 16.6 Å². The third-order valence-corrected chi connectivity index (χ3v) is 6.30. The molecular formula is C26H24ClN7. The van der Waals surface area contributed by atoms with Crippen LogP contribution in [0.3, 0.4) is 0 Å². The van der Waals surface area contributed by atoms with Crippen molar-refractivity contribution in [3.05, 3.63) is 76.3 Å². The van der Waals surface area contributed by atoms with Gasteiger partial charge in [-0.05, 0) is 62.4 Å². The highest BCUT2D eigenvalue weighted by atomic mass is 35.5. The van der Waals surface area contributed by atoms with Crippen LogP contribution in [0.15, 0.2) is 48.9 Å². The Morgan fingerprint density at radius 1 is 1.12 bits per heavy atom. The minimum absolute atomic E-state index is 0.0872. The van der Waals surface area contributed by atoms with Gasteiger partial charge >= 0.3 is 0 Å². The van der Waals surface area contributed by atoms with Crippen molar-refractivity contribution in [1.29, 1.82) is 5.26 Å². The van der Waals surface area contributed by atoms with Gasteiger partial charge in [0.2, 0.25) is 0 Å². The second-order valence-corrected chi connectivity index (χ2v) is 9.01. The molecule has 0 aliphatic heterocycles. The normalized spacial score (nSPS) is 12.6. The van der Waals surface area contributed by atoms with Crippen LogP contribution in [-0.4, -0.2) is 24.7 Å². The van der Waals surface area contributed by atoms with E-state index in [9.17, 15) is 5.26 Å². The first-order chi connectivity index (χ1) is 16.6. The van der Waals surface area contributed by atoms with Gasteiger partial charge in [0.1, 0.15) is 23.0 Å². The molecule has 0 saturated heterocycles. The molecule has 0 amide bonds. The van der Waals surface area contributed by atoms with Gasteiger partial charge in [0.15, 0.2) is 0 Å². The first-order valence-electron chi connectivity index (χ1n) is 11.4. The molecular weight excluding hydrogens is 446 g/mol. The van der Waals surface area contributed by atoms with Crippen molar-refractivity contribution in [3.63, 3.8) is 0 Å². The minimum Gasteiger partial charge on any atom is -0.379 e. The van der Waals surface area contributed by atoms with Crippen molar-refractivity contribution in [2.45, 2.75) is 45.7 Å². The summed E-state index contributed by atoms with van der Waals surface area (Å²) in [7, 11) is 0. The molecule has 5 rings (SSSR count). The number of hydrogen-bond acceptors (Lipinski definition) is 6. The minimum atomic E-state index is 0.0872. The molecule has 8 heteroatoms. The Hall–Kier alpha value is -3.76. The van der Waals surface area contributed by atoms with Crippen LogP contribution in [0.4, 0.5) is 5.69 Å². The largest absolute Gasteiger partial charge is 0.379 e. The molecule has 1 N–H and O–H groups in total. The first-order valence-corrected chi connectivity index (χ1v) is 11.7. The van der Waals surface area contributed by atoms with Crippen molar-refractivity contribution in [3.8, 4) is 28.8 Å². The Morgan fingerprint density at radius 3 is 2.68 bits per heavy atom. The summed E-state index contributed by atoms with van der Waals surface area (Å²) in [5, 5.41) is 18.6. The molecule has 0 spiro atoms. The predicted molar refractivity (Wildman–Crippen MR) is 132 cm³/mol. The molecule has 0 bridgehead atoms. The zero-order valence-electron chi connectivity index (χ0n) is 19.1.